The fourth-order valence-electron chi connectivity index (χ4n) is 2.59. The maximum Gasteiger partial charge on any atom is 0.337 e. The third-order valence-electron chi connectivity index (χ3n) is 4.04. The number of hydrogen-bond donors (Lipinski definition) is 1. The van der Waals surface area contributed by atoms with Crippen LogP contribution in [-0.4, -0.2) is 34.6 Å². The highest BCUT2D eigenvalue weighted by atomic mass is 32.2. The van der Waals surface area contributed by atoms with Gasteiger partial charge in [-0.2, -0.15) is 0 Å². The van der Waals surface area contributed by atoms with Crippen LogP contribution in [0.3, 0.4) is 0 Å². The van der Waals surface area contributed by atoms with Gasteiger partial charge in [0.2, 0.25) is 0 Å². The first-order valence-electron chi connectivity index (χ1n) is 8.16. The highest BCUT2D eigenvalue weighted by molar-refractivity contribution is 7.92. The lowest BCUT2D eigenvalue weighted by Crippen LogP contribution is -2.17. The minimum absolute atomic E-state index is 0.0683. The normalized spacial score (nSPS) is 11.0. The molecular formula is C19H21NO6S. The van der Waals surface area contributed by atoms with Crippen LogP contribution in [0.1, 0.15) is 38.8 Å². The fourth-order valence-corrected chi connectivity index (χ4v) is 3.83. The van der Waals surface area contributed by atoms with Crippen LogP contribution >= 0.6 is 0 Å². The minimum Gasteiger partial charge on any atom is -0.465 e. The molecule has 2 aromatic rings. The number of rotatable bonds is 6. The quantitative estimate of drug-likeness (QED) is 0.760. The van der Waals surface area contributed by atoms with Crippen molar-refractivity contribution in [1.82, 2.24) is 0 Å². The van der Waals surface area contributed by atoms with Gasteiger partial charge in [-0.25, -0.2) is 18.0 Å². The van der Waals surface area contributed by atoms with Gasteiger partial charge in [0.1, 0.15) is 0 Å². The zero-order valence-corrected chi connectivity index (χ0v) is 16.3. The van der Waals surface area contributed by atoms with Gasteiger partial charge in [-0.3, -0.25) is 4.72 Å². The molecule has 0 saturated heterocycles. The van der Waals surface area contributed by atoms with Gasteiger partial charge in [0.05, 0.1) is 35.9 Å². The number of aryl methyl sites for hydroxylation is 2. The second-order valence-electron chi connectivity index (χ2n) is 5.80. The Bertz CT molecular complexity index is 947. The summed E-state index contributed by atoms with van der Waals surface area (Å²) in [4.78, 5) is 23.5. The zero-order valence-electron chi connectivity index (χ0n) is 15.5. The summed E-state index contributed by atoms with van der Waals surface area (Å²) in [5.74, 6) is -1.52. The summed E-state index contributed by atoms with van der Waals surface area (Å²) < 4.78 is 37.7. The predicted molar refractivity (Wildman–Crippen MR) is 100 cm³/mol. The van der Waals surface area contributed by atoms with E-state index in [1.54, 1.807) is 13.0 Å². The first-order chi connectivity index (χ1) is 12.7. The average Bonchev–Trinajstić information content (AvgIpc) is 2.67. The number of carbonyl (C=O) groups excluding carboxylic acids is 2. The highest BCUT2D eigenvalue weighted by Crippen LogP contribution is 2.26. The summed E-state index contributed by atoms with van der Waals surface area (Å²) in [7, 11) is -1.73. The van der Waals surface area contributed by atoms with Crippen LogP contribution in [0.4, 0.5) is 5.69 Å². The molecule has 0 aliphatic heterocycles. The summed E-state index contributed by atoms with van der Waals surface area (Å²) in [6.45, 7) is 3.71. The lowest BCUT2D eigenvalue weighted by molar-refractivity contribution is 0.0598. The van der Waals surface area contributed by atoms with Gasteiger partial charge in [0, 0.05) is 0 Å². The predicted octanol–water partition coefficient (Wildman–Crippen LogP) is 2.93. The molecule has 0 bridgehead atoms. The van der Waals surface area contributed by atoms with Crippen LogP contribution in [0.2, 0.25) is 0 Å². The van der Waals surface area contributed by atoms with E-state index in [0.29, 0.717) is 12.1 Å². The lowest BCUT2D eigenvalue weighted by Gasteiger charge is -2.15. The summed E-state index contributed by atoms with van der Waals surface area (Å²) in [5, 5.41) is 0. The van der Waals surface area contributed by atoms with Crippen LogP contribution in [0.15, 0.2) is 41.3 Å². The van der Waals surface area contributed by atoms with Gasteiger partial charge >= 0.3 is 11.9 Å². The molecule has 0 spiro atoms. The van der Waals surface area contributed by atoms with E-state index < -0.39 is 22.0 Å². The molecule has 0 aromatic heterocycles. The number of carbonyl (C=O) groups is 2. The average molecular weight is 391 g/mol. The summed E-state index contributed by atoms with van der Waals surface area (Å²) >= 11 is 0. The second-order valence-corrected chi connectivity index (χ2v) is 7.48. The molecule has 0 heterocycles. The maximum absolute atomic E-state index is 12.9. The number of ether oxygens (including phenoxy) is 2. The van der Waals surface area contributed by atoms with Crippen molar-refractivity contribution in [1.29, 1.82) is 0 Å². The standard InChI is InChI=1S/C19H21NO6S/c1-5-13-8-6-7-12(2)17(13)20-27(23,24)16-10-14(18(21)25-3)9-15(11-16)19(22)26-4/h6-11,20H,5H2,1-4H3. The van der Waals surface area contributed by atoms with Crippen molar-refractivity contribution in [3.05, 3.63) is 58.7 Å². The molecule has 0 radical (unpaired) electrons. The molecule has 0 aliphatic carbocycles. The van der Waals surface area contributed by atoms with Gasteiger partial charge in [0.15, 0.2) is 0 Å². The molecule has 0 unspecified atom stereocenters. The lowest BCUT2D eigenvalue weighted by atomic mass is 10.1. The van der Waals surface area contributed by atoms with Crippen molar-refractivity contribution in [3.8, 4) is 0 Å². The minimum atomic E-state index is -4.06. The van der Waals surface area contributed by atoms with Crippen molar-refractivity contribution in [2.75, 3.05) is 18.9 Å². The van der Waals surface area contributed by atoms with Crippen LogP contribution < -0.4 is 4.72 Å². The Kier molecular flexibility index (Phi) is 6.22. The fraction of sp³-hybridized carbons (Fsp3) is 0.263. The van der Waals surface area contributed by atoms with E-state index in [-0.39, 0.29) is 16.0 Å². The number of benzene rings is 2. The van der Waals surface area contributed by atoms with E-state index in [1.807, 2.05) is 19.1 Å². The Hall–Kier alpha value is -2.87. The molecule has 8 heteroatoms. The van der Waals surface area contributed by atoms with Gasteiger partial charge in [-0.05, 0) is 42.7 Å². The van der Waals surface area contributed by atoms with Crippen LogP contribution in [0.5, 0.6) is 0 Å². The van der Waals surface area contributed by atoms with Crippen molar-refractivity contribution in [3.63, 3.8) is 0 Å². The van der Waals surface area contributed by atoms with Crippen molar-refractivity contribution in [2.45, 2.75) is 25.2 Å². The number of anilines is 1. The van der Waals surface area contributed by atoms with E-state index in [0.717, 1.165) is 23.3 Å². The monoisotopic (exact) mass is 391 g/mol. The Balaban J connectivity index is 2.58. The van der Waals surface area contributed by atoms with Gasteiger partial charge < -0.3 is 9.47 Å². The molecule has 0 saturated carbocycles. The van der Waals surface area contributed by atoms with E-state index >= 15 is 0 Å². The van der Waals surface area contributed by atoms with Gasteiger partial charge in [0.25, 0.3) is 10.0 Å². The molecule has 144 valence electrons. The van der Waals surface area contributed by atoms with Crippen molar-refractivity contribution >= 4 is 27.6 Å². The Morgan fingerprint density at radius 2 is 1.56 bits per heavy atom. The SMILES string of the molecule is CCc1cccc(C)c1NS(=O)(=O)c1cc(C(=O)OC)cc(C(=O)OC)c1. The van der Waals surface area contributed by atoms with Gasteiger partial charge in [-0.15, -0.1) is 0 Å². The van der Waals surface area contributed by atoms with Crippen LogP contribution in [-0.2, 0) is 25.9 Å². The zero-order chi connectivity index (χ0) is 20.2. The molecular weight excluding hydrogens is 370 g/mol. The third kappa shape index (κ3) is 4.46. The molecule has 0 amide bonds. The molecule has 0 aliphatic rings. The number of esters is 2. The summed E-state index contributed by atoms with van der Waals surface area (Å²) in [5.41, 5.74) is 1.93. The van der Waals surface area contributed by atoms with E-state index in [9.17, 15) is 18.0 Å². The first-order valence-corrected chi connectivity index (χ1v) is 9.64. The van der Waals surface area contributed by atoms with E-state index in [1.165, 1.54) is 20.3 Å². The molecule has 2 rings (SSSR count). The molecule has 0 fully saturated rings. The highest BCUT2D eigenvalue weighted by Gasteiger charge is 2.22. The number of nitrogens with one attached hydrogen (secondary N) is 1. The smallest absolute Gasteiger partial charge is 0.337 e. The Labute approximate surface area is 158 Å². The van der Waals surface area contributed by atoms with E-state index in [4.69, 9.17) is 0 Å². The first kappa shape index (κ1) is 20.4. The molecule has 7 nitrogen and oxygen atoms in total. The Morgan fingerprint density at radius 1 is 1.00 bits per heavy atom. The maximum atomic E-state index is 12.9. The molecule has 0 atom stereocenters. The van der Waals surface area contributed by atoms with Gasteiger partial charge in [-0.1, -0.05) is 25.1 Å². The van der Waals surface area contributed by atoms with Crippen molar-refractivity contribution < 1.29 is 27.5 Å². The molecule has 2 aromatic carbocycles. The molecule has 27 heavy (non-hydrogen) atoms. The molecule has 1 N–H and O–H groups in total. The number of sulfonamides is 1. The summed E-state index contributed by atoms with van der Waals surface area (Å²) in [6.07, 6.45) is 0.634. The summed E-state index contributed by atoms with van der Waals surface area (Å²) in [6, 6.07) is 9.01. The number of para-hydroxylation sites is 1. The van der Waals surface area contributed by atoms with Crippen molar-refractivity contribution in [2.24, 2.45) is 0 Å². The Morgan fingerprint density at radius 3 is 2.04 bits per heavy atom. The van der Waals surface area contributed by atoms with Crippen LogP contribution in [0.25, 0.3) is 0 Å². The number of methoxy groups -OCH3 is 2. The second kappa shape index (κ2) is 8.22. The van der Waals surface area contributed by atoms with Crippen LogP contribution in [0, 0.1) is 6.92 Å². The largest absolute Gasteiger partial charge is 0.465 e. The van der Waals surface area contributed by atoms with E-state index in [2.05, 4.69) is 14.2 Å². The third-order valence-corrected chi connectivity index (χ3v) is 5.36. The topological polar surface area (TPSA) is 98.8 Å². The number of hydrogen-bond acceptors (Lipinski definition) is 6.